The molecular weight excluding hydrogens is 258 g/mol. The van der Waals surface area contributed by atoms with Crippen LogP contribution in [0.1, 0.15) is 36.7 Å². The van der Waals surface area contributed by atoms with Gasteiger partial charge in [0.2, 0.25) is 0 Å². The van der Waals surface area contributed by atoms with E-state index >= 15 is 0 Å². The molecule has 1 aromatic rings. The van der Waals surface area contributed by atoms with Crippen LogP contribution in [0.2, 0.25) is 0 Å². The number of anilines is 1. The number of nitrogens with zero attached hydrogens (tertiary/aromatic N) is 1. The van der Waals surface area contributed by atoms with Crippen LogP contribution in [0.4, 0.5) is 5.69 Å². The lowest BCUT2D eigenvalue weighted by molar-refractivity contribution is -0.153. The molecule has 0 aliphatic carbocycles. The first kappa shape index (κ1) is 14.2. The maximum absolute atomic E-state index is 11.9. The number of hydrogen-bond donors (Lipinski definition) is 0. The summed E-state index contributed by atoms with van der Waals surface area (Å²) in [6.45, 7) is 6.84. The molecule has 0 atom stereocenters. The zero-order valence-corrected chi connectivity index (χ0v) is 12.0. The Morgan fingerprint density at radius 3 is 2.50 bits per heavy atom. The Kier molecular flexibility index (Phi) is 3.38. The molecule has 0 aromatic heterocycles. The van der Waals surface area contributed by atoms with Crippen LogP contribution >= 0.6 is 0 Å². The molecule has 20 heavy (non-hydrogen) atoms. The van der Waals surface area contributed by atoms with Crippen molar-refractivity contribution < 1.29 is 19.1 Å². The predicted molar refractivity (Wildman–Crippen MR) is 73.7 cm³/mol. The molecule has 0 saturated carbocycles. The highest BCUT2D eigenvalue weighted by molar-refractivity contribution is 6.52. The molecule has 0 unspecified atom stereocenters. The number of esters is 1. The topological polar surface area (TPSA) is 63.7 Å². The number of benzene rings is 1. The molecule has 0 fully saturated rings. The highest BCUT2D eigenvalue weighted by Gasteiger charge is 2.37. The van der Waals surface area contributed by atoms with Gasteiger partial charge in [0.25, 0.3) is 11.7 Å². The Balaban J connectivity index is 2.24. The van der Waals surface area contributed by atoms with Crippen LogP contribution in [0.25, 0.3) is 0 Å². The average molecular weight is 275 g/mol. The van der Waals surface area contributed by atoms with E-state index in [4.69, 9.17) is 4.74 Å². The fourth-order valence-corrected chi connectivity index (χ4v) is 2.07. The van der Waals surface area contributed by atoms with Crippen molar-refractivity contribution in [2.24, 2.45) is 0 Å². The van der Waals surface area contributed by atoms with Crippen LogP contribution in [-0.2, 0) is 14.3 Å². The number of fused-ring (bicyclic) bond motifs is 1. The van der Waals surface area contributed by atoms with Gasteiger partial charge in [-0.3, -0.25) is 19.3 Å². The number of ether oxygens (including phenoxy) is 1. The number of carbonyl (C=O) groups is 3. The SMILES string of the molecule is Cc1ccc2c(c1)C(=O)C(=O)N2CC(=O)OC(C)(C)C. The average Bonchev–Trinajstić information content (AvgIpc) is 2.52. The van der Waals surface area contributed by atoms with E-state index in [2.05, 4.69) is 0 Å². The second-order valence-electron chi connectivity index (χ2n) is 5.83. The molecule has 2 rings (SSSR count). The molecule has 0 bridgehead atoms. The van der Waals surface area contributed by atoms with Gasteiger partial charge in [-0.15, -0.1) is 0 Å². The molecule has 1 aromatic carbocycles. The monoisotopic (exact) mass is 275 g/mol. The molecule has 0 spiro atoms. The third-order valence-corrected chi connectivity index (χ3v) is 2.83. The van der Waals surface area contributed by atoms with Crippen molar-refractivity contribution in [1.82, 2.24) is 0 Å². The summed E-state index contributed by atoms with van der Waals surface area (Å²) in [7, 11) is 0. The fourth-order valence-electron chi connectivity index (χ4n) is 2.07. The van der Waals surface area contributed by atoms with E-state index in [9.17, 15) is 14.4 Å². The van der Waals surface area contributed by atoms with E-state index in [1.807, 2.05) is 6.92 Å². The summed E-state index contributed by atoms with van der Waals surface area (Å²) >= 11 is 0. The van der Waals surface area contributed by atoms with Crippen LogP contribution in [0.3, 0.4) is 0 Å². The van der Waals surface area contributed by atoms with Gasteiger partial charge < -0.3 is 4.74 Å². The zero-order chi connectivity index (χ0) is 15.1. The molecule has 1 aliphatic rings. The number of carbonyl (C=O) groups excluding carboxylic acids is 3. The molecule has 106 valence electrons. The summed E-state index contributed by atoms with van der Waals surface area (Å²) in [5, 5.41) is 0. The summed E-state index contributed by atoms with van der Waals surface area (Å²) in [5.74, 6) is -1.80. The van der Waals surface area contributed by atoms with E-state index in [0.29, 0.717) is 11.3 Å². The van der Waals surface area contributed by atoms with Gasteiger partial charge in [0, 0.05) is 0 Å². The molecule has 5 nitrogen and oxygen atoms in total. The van der Waals surface area contributed by atoms with Gasteiger partial charge in [-0.2, -0.15) is 0 Å². The summed E-state index contributed by atoms with van der Waals surface area (Å²) in [4.78, 5) is 36.8. The largest absolute Gasteiger partial charge is 0.459 e. The van der Waals surface area contributed by atoms with Crippen LogP contribution in [0, 0.1) is 6.92 Å². The number of ketones is 1. The van der Waals surface area contributed by atoms with E-state index in [1.165, 1.54) is 4.90 Å². The number of rotatable bonds is 2. The molecule has 0 saturated heterocycles. The smallest absolute Gasteiger partial charge is 0.326 e. The van der Waals surface area contributed by atoms with Gasteiger partial charge in [-0.05, 0) is 39.8 Å². The Morgan fingerprint density at radius 2 is 1.90 bits per heavy atom. The molecular formula is C15H17NO4. The van der Waals surface area contributed by atoms with Gasteiger partial charge >= 0.3 is 5.97 Å². The second kappa shape index (κ2) is 4.74. The van der Waals surface area contributed by atoms with Crippen LogP contribution in [0.15, 0.2) is 18.2 Å². The number of hydrogen-bond acceptors (Lipinski definition) is 4. The molecule has 1 amide bonds. The second-order valence-corrected chi connectivity index (χ2v) is 5.83. The van der Waals surface area contributed by atoms with E-state index < -0.39 is 23.3 Å². The summed E-state index contributed by atoms with van der Waals surface area (Å²) in [6.07, 6.45) is 0. The predicted octanol–water partition coefficient (Wildman–Crippen LogP) is 1.87. The first-order valence-electron chi connectivity index (χ1n) is 6.38. The van der Waals surface area contributed by atoms with Gasteiger partial charge in [0.15, 0.2) is 0 Å². The van der Waals surface area contributed by atoms with E-state index in [-0.39, 0.29) is 6.54 Å². The Hall–Kier alpha value is -2.17. The minimum absolute atomic E-state index is 0.252. The first-order valence-corrected chi connectivity index (χ1v) is 6.38. The van der Waals surface area contributed by atoms with Crippen molar-refractivity contribution in [3.8, 4) is 0 Å². The number of Topliss-reactive ketones (excluding diaryl/α,β-unsaturated/α-hetero) is 1. The third-order valence-electron chi connectivity index (χ3n) is 2.83. The minimum Gasteiger partial charge on any atom is -0.459 e. The van der Waals surface area contributed by atoms with Crippen molar-refractivity contribution in [2.75, 3.05) is 11.4 Å². The lowest BCUT2D eigenvalue weighted by Crippen LogP contribution is -2.38. The van der Waals surface area contributed by atoms with E-state index in [0.717, 1.165) is 5.56 Å². The van der Waals surface area contributed by atoms with Crippen molar-refractivity contribution in [3.05, 3.63) is 29.3 Å². The van der Waals surface area contributed by atoms with Gasteiger partial charge in [-0.25, -0.2) is 0 Å². The molecule has 0 radical (unpaired) electrons. The molecule has 1 heterocycles. The maximum Gasteiger partial charge on any atom is 0.326 e. The molecule has 0 N–H and O–H groups in total. The summed E-state index contributed by atoms with van der Waals surface area (Å²) in [5.41, 5.74) is 1.08. The van der Waals surface area contributed by atoms with Crippen molar-refractivity contribution in [3.63, 3.8) is 0 Å². The zero-order valence-electron chi connectivity index (χ0n) is 12.0. The number of aryl methyl sites for hydroxylation is 1. The van der Waals surface area contributed by atoms with Crippen molar-refractivity contribution >= 4 is 23.3 Å². The molecule has 5 heteroatoms. The standard InChI is InChI=1S/C15H17NO4/c1-9-5-6-11-10(7-9)13(18)14(19)16(11)8-12(17)20-15(2,3)4/h5-7H,8H2,1-4H3. The lowest BCUT2D eigenvalue weighted by Gasteiger charge is -2.22. The Labute approximate surface area is 117 Å². The van der Waals surface area contributed by atoms with Gasteiger partial charge in [-0.1, -0.05) is 11.6 Å². The van der Waals surface area contributed by atoms with Crippen molar-refractivity contribution in [2.45, 2.75) is 33.3 Å². The van der Waals surface area contributed by atoms with Crippen LogP contribution in [-0.4, -0.2) is 29.8 Å². The maximum atomic E-state index is 11.9. The highest BCUT2D eigenvalue weighted by Crippen LogP contribution is 2.29. The van der Waals surface area contributed by atoms with Gasteiger partial charge in [0.1, 0.15) is 12.1 Å². The quantitative estimate of drug-likeness (QED) is 0.610. The minimum atomic E-state index is -0.684. The van der Waals surface area contributed by atoms with Crippen LogP contribution in [0.5, 0.6) is 0 Å². The molecule has 1 aliphatic heterocycles. The Morgan fingerprint density at radius 1 is 1.25 bits per heavy atom. The highest BCUT2D eigenvalue weighted by atomic mass is 16.6. The lowest BCUT2D eigenvalue weighted by atomic mass is 10.1. The third kappa shape index (κ3) is 2.71. The Bertz CT molecular complexity index is 598. The van der Waals surface area contributed by atoms with Crippen molar-refractivity contribution in [1.29, 1.82) is 0 Å². The fraction of sp³-hybridized carbons (Fsp3) is 0.400. The van der Waals surface area contributed by atoms with Gasteiger partial charge in [0.05, 0.1) is 11.3 Å². The van der Waals surface area contributed by atoms with E-state index in [1.54, 1.807) is 39.0 Å². The first-order chi connectivity index (χ1) is 9.19. The normalized spacial score (nSPS) is 14.5. The number of amides is 1. The summed E-state index contributed by atoms with van der Waals surface area (Å²) < 4.78 is 5.18. The summed E-state index contributed by atoms with van der Waals surface area (Å²) in [6, 6.07) is 5.13. The van der Waals surface area contributed by atoms with Crippen LogP contribution < -0.4 is 4.90 Å².